The first kappa shape index (κ1) is 18.3. The van der Waals surface area contributed by atoms with Crippen molar-refractivity contribution in [3.05, 3.63) is 54.1 Å². The van der Waals surface area contributed by atoms with Crippen LogP contribution in [0.5, 0.6) is 17.2 Å². The van der Waals surface area contributed by atoms with Gasteiger partial charge < -0.3 is 14.8 Å². The maximum Gasteiger partial charge on any atom is 0.127 e. The van der Waals surface area contributed by atoms with Gasteiger partial charge in [0.1, 0.15) is 17.2 Å². The number of rotatable bonds is 6. The highest BCUT2D eigenvalue weighted by Gasteiger charge is 2.28. The molecule has 1 atom stereocenters. The van der Waals surface area contributed by atoms with E-state index in [1.165, 1.54) is 38.2 Å². The van der Waals surface area contributed by atoms with Gasteiger partial charge in [-0.25, -0.2) is 0 Å². The molecule has 5 nitrogen and oxygen atoms in total. The Morgan fingerprint density at radius 1 is 0.889 bits per heavy atom. The average molecular weight is 367 g/mol. The van der Waals surface area contributed by atoms with E-state index in [0.717, 1.165) is 42.9 Å². The van der Waals surface area contributed by atoms with E-state index in [1.54, 1.807) is 7.11 Å². The first-order chi connectivity index (χ1) is 13.3. The van der Waals surface area contributed by atoms with Gasteiger partial charge in [-0.15, -0.1) is 0 Å². The second-order valence-corrected chi connectivity index (χ2v) is 7.39. The Labute approximate surface area is 161 Å². The Morgan fingerprint density at radius 2 is 1.52 bits per heavy atom. The smallest absolute Gasteiger partial charge is 0.127 e. The van der Waals surface area contributed by atoms with Crippen molar-refractivity contribution in [3.63, 3.8) is 0 Å². The summed E-state index contributed by atoms with van der Waals surface area (Å²) in [6.45, 7) is 8.04. The summed E-state index contributed by atoms with van der Waals surface area (Å²) in [5.74, 6) is 2.52. The van der Waals surface area contributed by atoms with Gasteiger partial charge >= 0.3 is 0 Å². The number of nitrogens with zero attached hydrogens (tertiary/aromatic N) is 2. The summed E-state index contributed by atoms with van der Waals surface area (Å²) in [6, 6.07) is 16.9. The SMILES string of the molecule is COc1ccc(Oc2ccc(CN3CCC(N4CCNCC4)C3)cc2)cc1. The van der Waals surface area contributed by atoms with Crippen molar-refractivity contribution in [2.24, 2.45) is 0 Å². The van der Waals surface area contributed by atoms with E-state index in [2.05, 4.69) is 39.4 Å². The van der Waals surface area contributed by atoms with Crippen LogP contribution in [0.2, 0.25) is 0 Å². The Bertz CT molecular complexity index is 711. The molecule has 144 valence electrons. The standard InChI is InChI=1S/C22H29N3O2/c1-26-20-6-8-22(9-7-20)27-21-4-2-18(3-5-21)16-24-13-10-19(17-24)25-14-11-23-12-15-25/h2-9,19,23H,10-17H2,1H3. The van der Waals surface area contributed by atoms with Crippen molar-refractivity contribution in [1.29, 1.82) is 0 Å². The van der Waals surface area contributed by atoms with Crippen molar-refractivity contribution in [3.8, 4) is 17.2 Å². The number of benzene rings is 2. The molecule has 0 amide bonds. The molecule has 27 heavy (non-hydrogen) atoms. The van der Waals surface area contributed by atoms with E-state index in [1.807, 2.05) is 24.3 Å². The number of hydrogen-bond acceptors (Lipinski definition) is 5. The van der Waals surface area contributed by atoms with Crippen molar-refractivity contribution in [1.82, 2.24) is 15.1 Å². The number of nitrogens with one attached hydrogen (secondary N) is 1. The summed E-state index contributed by atoms with van der Waals surface area (Å²) in [6.07, 6.45) is 1.29. The molecule has 0 aliphatic carbocycles. The van der Waals surface area contributed by atoms with Crippen molar-refractivity contribution < 1.29 is 9.47 Å². The second-order valence-electron chi connectivity index (χ2n) is 7.39. The minimum Gasteiger partial charge on any atom is -0.497 e. The number of piperazine rings is 1. The Hall–Kier alpha value is -2.08. The van der Waals surface area contributed by atoms with E-state index in [4.69, 9.17) is 9.47 Å². The molecule has 1 N–H and O–H groups in total. The van der Waals surface area contributed by atoms with E-state index >= 15 is 0 Å². The monoisotopic (exact) mass is 367 g/mol. The number of ether oxygens (including phenoxy) is 2. The van der Waals surface area contributed by atoms with Crippen LogP contribution in [0.25, 0.3) is 0 Å². The van der Waals surface area contributed by atoms with Gasteiger partial charge in [0.2, 0.25) is 0 Å². The molecule has 0 saturated carbocycles. The predicted octanol–water partition coefficient (Wildman–Crippen LogP) is 2.97. The van der Waals surface area contributed by atoms with Crippen LogP contribution < -0.4 is 14.8 Å². The summed E-state index contributed by atoms with van der Waals surface area (Å²) in [5, 5.41) is 3.44. The fraction of sp³-hybridized carbons (Fsp3) is 0.455. The fourth-order valence-electron chi connectivity index (χ4n) is 4.00. The summed E-state index contributed by atoms with van der Waals surface area (Å²) in [7, 11) is 1.67. The molecule has 2 aliphatic rings. The maximum atomic E-state index is 5.92. The van der Waals surface area contributed by atoms with Gasteiger partial charge in [-0.05, 0) is 48.4 Å². The molecule has 2 aromatic rings. The molecular weight excluding hydrogens is 338 g/mol. The van der Waals surface area contributed by atoms with Crippen LogP contribution in [0.1, 0.15) is 12.0 Å². The fourth-order valence-corrected chi connectivity index (χ4v) is 4.00. The third kappa shape index (κ3) is 4.80. The van der Waals surface area contributed by atoms with Gasteiger partial charge in [0, 0.05) is 51.9 Å². The number of hydrogen-bond donors (Lipinski definition) is 1. The van der Waals surface area contributed by atoms with Crippen molar-refractivity contribution in [2.75, 3.05) is 46.4 Å². The van der Waals surface area contributed by atoms with Crippen LogP contribution in [-0.4, -0.2) is 62.2 Å². The van der Waals surface area contributed by atoms with Crippen LogP contribution in [0.15, 0.2) is 48.5 Å². The Kier molecular flexibility index (Phi) is 5.92. The van der Waals surface area contributed by atoms with Crippen LogP contribution in [0, 0.1) is 0 Å². The second kappa shape index (κ2) is 8.74. The summed E-state index contributed by atoms with van der Waals surface area (Å²) in [5.41, 5.74) is 1.35. The highest BCUT2D eigenvalue weighted by atomic mass is 16.5. The number of likely N-dealkylation sites (tertiary alicyclic amines) is 1. The third-order valence-corrected chi connectivity index (χ3v) is 5.54. The molecule has 5 heteroatoms. The summed E-state index contributed by atoms with van der Waals surface area (Å²) >= 11 is 0. The molecular formula is C22H29N3O2. The lowest BCUT2D eigenvalue weighted by Crippen LogP contribution is -2.49. The summed E-state index contributed by atoms with van der Waals surface area (Å²) in [4.78, 5) is 5.23. The third-order valence-electron chi connectivity index (χ3n) is 5.54. The molecule has 2 aliphatic heterocycles. The lowest BCUT2D eigenvalue weighted by molar-refractivity contribution is 0.170. The molecule has 0 aromatic heterocycles. The van der Waals surface area contributed by atoms with Crippen LogP contribution in [0.3, 0.4) is 0 Å². The van der Waals surface area contributed by atoms with Crippen LogP contribution in [-0.2, 0) is 6.54 Å². The van der Waals surface area contributed by atoms with Gasteiger partial charge in [-0.2, -0.15) is 0 Å². The molecule has 4 rings (SSSR count). The Morgan fingerprint density at radius 3 is 2.19 bits per heavy atom. The number of methoxy groups -OCH3 is 1. The van der Waals surface area contributed by atoms with Crippen molar-refractivity contribution >= 4 is 0 Å². The van der Waals surface area contributed by atoms with E-state index in [0.29, 0.717) is 0 Å². The largest absolute Gasteiger partial charge is 0.497 e. The molecule has 0 bridgehead atoms. The zero-order valence-electron chi connectivity index (χ0n) is 16.1. The molecule has 0 radical (unpaired) electrons. The molecule has 2 aromatic carbocycles. The quantitative estimate of drug-likeness (QED) is 0.850. The van der Waals surface area contributed by atoms with Crippen LogP contribution in [0.4, 0.5) is 0 Å². The topological polar surface area (TPSA) is 37.0 Å². The first-order valence-corrected chi connectivity index (χ1v) is 9.88. The average Bonchev–Trinajstić information content (AvgIpc) is 3.19. The minimum absolute atomic E-state index is 0.727. The summed E-state index contributed by atoms with van der Waals surface area (Å²) < 4.78 is 11.1. The van der Waals surface area contributed by atoms with Crippen molar-refractivity contribution in [2.45, 2.75) is 19.0 Å². The molecule has 1 unspecified atom stereocenters. The lowest BCUT2D eigenvalue weighted by Gasteiger charge is -2.32. The van der Waals surface area contributed by atoms with Gasteiger partial charge in [-0.3, -0.25) is 9.80 Å². The normalized spacial score (nSPS) is 21.3. The van der Waals surface area contributed by atoms with Gasteiger partial charge in [-0.1, -0.05) is 12.1 Å². The zero-order valence-corrected chi connectivity index (χ0v) is 16.1. The van der Waals surface area contributed by atoms with E-state index in [-0.39, 0.29) is 0 Å². The zero-order chi connectivity index (χ0) is 18.5. The van der Waals surface area contributed by atoms with E-state index < -0.39 is 0 Å². The Balaban J connectivity index is 1.28. The van der Waals surface area contributed by atoms with Crippen LogP contribution >= 0.6 is 0 Å². The van der Waals surface area contributed by atoms with Gasteiger partial charge in [0.15, 0.2) is 0 Å². The highest BCUT2D eigenvalue weighted by Crippen LogP contribution is 2.25. The highest BCUT2D eigenvalue weighted by molar-refractivity contribution is 5.36. The molecule has 2 fully saturated rings. The molecule has 2 saturated heterocycles. The van der Waals surface area contributed by atoms with Gasteiger partial charge in [0.05, 0.1) is 7.11 Å². The molecule has 0 spiro atoms. The van der Waals surface area contributed by atoms with E-state index in [9.17, 15) is 0 Å². The van der Waals surface area contributed by atoms with Gasteiger partial charge in [0.25, 0.3) is 0 Å². The lowest BCUT2D eigenvalue weighted by atomic mass is 10.2. The maximum absolute atomic E-state index is 5.92. The predicted molar refractivity (Wildman–Crippen MR) is 108 cm³/mol. The first-order valence-electron chi connectivity index (χ1n) is 9.88. The molecule has 2 heterocycles. The minimum atomic E-state index is 0.727.